The van der Waals surface area contributed by atoms with Crippen LogP contribution in [0.4, 0.5) is 0 Å². The topological polar surface area (TPSA) is 15.3 Å². The largest absolute Gasteiger partial charge is 0.314 e. The van der Waals surface area contributed by atoms with Crippen molar-refractivity contribution >= 4 is 0 Å². The minimum atomic E-state index is 0.958. The van der Waals surface area contributed by atoms with E-state index in [1.165, 1.54) is 84.1 Å². The van der Waals surface area contributed by atoms with Crippen LogP contribution in [0.2, 0.25) is 0 Å². The average molecular weight is 254 g/mol. The zero-order chi connectivity index (χ0) is 13.1. The van der Waals surface area contributed by atoms with Gasteiger partial charge in [0.2, 0.25) is 0 Å². The van der Waals surface area contributed by atoms with Gasteiger partial charge in [-0.15, -0.1) is 0 Å². The van der Waals surface area contributed by atoms with E-state index in [0.717, 1.165) is 5.92 Å². The molecule has 0 spiro atoms. The second-order valence-corrected chi connectivity index (χ2v) is 5.91. The molecule has 18 heavy (non-hydrogen) atoms. The highest BCUT2D eigenvalue weighted by atomic mass is 15.2. The summed E-state index contributed by atoms with van der Waals surface area (Å²) in [4.78, 5) is 2.68. The molecule has 0 radical (unpaired) electrons. The molecule has 0 bridgehead atoms. The lowest BCUT2D eigenvalue weighted by Crippen LogP contribution is -2.45. The van der Waals surface area contributed by atoms with Gasteiger partial charge in [-0.05, 0) is 18.8 Å². The monoisotopic (exact) mass is 254 g/mol. The van der Waals surface area contributed by atoms with Gasteiger partial charge in [-0.2, -0.15) is 0 Å². The van der Waals surface area contributed by atoms with Crippen molar-refractivity contribution in [1.29, 1.82) is 0 Å². The van der Waals surface area contributed by atoms with Gasteiger partial charge in [0.05, 0.1) is 0 Å². The molecule has 0 aromatic rings. The van der Waals surface area contributed by atoms with Crippen LogP contribution in [0.5, 0.6) is 0 Å². The van der Waals surface area contributed by atoms with Crippen molar-refractivity contribution in [3.63, 3.8) is 0 Å². The zero-order valence-electron chi connectivity index (χ0n) is 12.7. The normalized spacial score (nSPS) is 19.0. The highest BCUT2D eigenvalue weighted by molar-refractivity contribution is 4.72. The molecule has 2 heteroatoms. The summed E-state index contributed by atoms with van der Waals surface area (Å²) < 4.78 is 0. The van der Waals surface area contributed by atoms with Crippen molar-refractivity contribution in [3.05, 3.63) is 0 Å². The molecule has 2 nitrogen and oxygen atoms in total. The maximum Gasteiger partial charge on any atom is 0.0107 e. The fourth-order valence-electron chi connectivity index (χ4n) is 2.94. The Labute approximate surface area is 115 Å². The van der Waals surface area contributed by atoms with E-state index in [2.05, 4.69) is 24.1 Å². The Morgan fingerprint density at radius 2 is 1.56 bits per heavy atom. The van der Waals surface area contributed by atoms with Crippen molar-refractivity contribution in [1.82, 2.24) is 10.2 Å². The van der Waals surface area contributed by atoms with E-state index in [4.69, 9.17) is 0 Å². The SMILES string of the molecule is CCCCCCC(CCCC)CN1CCNCC1. The minimum absolute atomic E-state index is 0.958. The van der Waals surface area contributed by atoms with Gasteiger partial charge in [0, 0.05) is 32.7 Å². The molecule has 1 N–H and O–H groups in total. The third-order valence-electron chi connectivity index (χ3n) is 4.16. The second kappa shape index (κ2) is 10.8. The molecule has 0 saturated carbocycles. The van der Waals surface area contributed by atoms with Gasteiger partial charge in [0.1, 0.15) is 0 Å². The number of rotatable bonds is 10. The smallest absolute Gasteiger partial charge is 0.0107 e. The molecule has 1 fully saturated rings. The van der Waals surface area contributed by atoms with Crippen molar-refractivity contribution < 1.29 is 0 Å². The summed E-state index contributed by atoms with van der Waals surface area (Å²) in [7, 11) is 0. The number of nitrogens with zero attached hydrogens (tertiary/aromatic N) is 1. The van der Waals surface area contributed by atoms with Crippen LogP contribution >= 0.6 is 0 Å². The average Bonchev–Trinajstić information content (AvgIpc) is 2.41. The van der Waals surface area contributed by atoms with E-state index >= 15 is 0 Å². The van der Waals surface area contributed by atoms with E-state index < -0.39 is 0 Å². The maximum absolute atomic E-state index is 3.45. The molecule has 1 aliphatic rings. The lowest BCUT2D eigenvalue weighted by Gasteiger charge is -2.31. The molecular weight excluding hydrogens is 220 g/mol. The van der Waals surface area contributed by atoms with Gasteiger partial charge in [-0.3, -0.25) is 0 Å². The van der Waals surface area contributed by atoms with Crippen LogP contribution in [0.25, 0.3) is 0 Å². The predicted octanol–water partition coefficient (Wildman–Crippen LogP) is 3.67. The molecule has 1 atom stereocenters. The number of hydrogen-bond donors (Lipinski definition) is 1. The van der Waals surface area contributed by atoms with Gasteiger partial charge < -0.3 is 10.2 Å². The van der Waals surface area contributed by atoms with E-state index in [1.54, 1.807) is 0 Å². The van der Waals surface area contributed by atoms with Crippen molar-refractivity contribution in [2.45, 2.75) is 65.2 Å². The van der Waals surface area contributed by atoms with Crippen LogP contribution in [0.15, 0.2) is 0 Å². The van der Waals surface area contributed by atoms with Gasteiger partial charge in [-0.25, -0.2) is 0 Å². The molecule has 1 saturated heterocycles. The molecule has 1 heterocycles. The van der Waals surface area contributed by atoms with Crippen LogP contribution < -0.4 is 5.32 Å². The van der Waals surface area contributed by atoms with Gasteiger partial charge in [0.15, 0.2) is 0 Å². The quantitative estimate of drug-likeness (QED) is 0.598. The van der Waals surface area contributed by atoms with Gasteiger partial charge in [0.25, 0.3) is 0 Å². The first-order valence-electron chi connectivity index (χ1n) is 8.29. The zero-order valence-corrected chi connectivity index (χ0v) is 12.7. The van der Waals surface area contributed by atoms with Crippen molar-refractivity contribution in [2.75, 3.05) is 32.7 Å². The Hall–Kier alpha value is -0.0800. The molecular formula is C16H34N2. The first-order chi connectivity index (χ1) is 8.86. The second-order valence-electron chi connectivity index (χ2n) is 5.91. The molecule has 1 aliphatic heterocycles. The molecule has 1 rings (SSSR count). The van der Waals surface area contributed by atoms with E-state index in [9.17, 15) is 0 Å². The summed E-state index contributed by atoms with van der Waals surface area (Å²) in [6, 6.07) is 0. The fraction of sp³-hybridized carbons (Fsp3) is 1.00. The summed E-state index contributed by atoms with van der Waals surface area (Å²) in [5.74, 6) is 0.958. The summed E-state index contributed by atoms with van der Waals surface area (Å²) in [5, 5.41) is 3.45. The van der Waals surface area contributed by atoms with Crippen LogP contribution in [-0.4, -0.2) is 37.6 Å². The minimum Gasteiger partial charge on any atom is -0.314 e. The van der Waals surface area contributed by atoms with Crippen LogP contribution in [0.3, 0.4) is 0 Å². The Bertz CT molecular complexity index is 176. The highest BCUT2D eigenvalue weighted by Crippen LogP contribution is 2.19. The van der Waals surface area contributed by atoms with Gasteiger partial charge >= 0.3 is 0 Å². The molecule has 0 aromatic carbocycles. The standard InChI is InChI=1S/C16H34N2/c1-3-5-7-8-10-16(9-6-4-2)15-18-13-11-17-12-14-18/h16-17H,3-15H2,1-2H3. The Morgan fingerprint density at radius 1 is 0.889 bits per heavy atom. The fourth-order valence-corrected chi connectivity index (χ4v) is 2.94. The first kappa shape index (κ1) is 16.0. The molecule has 1 unspecified atom stereocenters. The lowest BCUT2D eigenvalue weighted by molar-refractivity contribution is 0.192. The Morgan fingerprint density at radius 3 is 2.22 bits per heavy atom. The van der Waals surface area contributed by atoms with Crippen LogP contribution in [0, 0.1) is 5.92 Å². The van der Waals surface area contributed by atoms with E-state index in [1.807, 2.05) is 0 Å². The van der Waals surface area contributed by atoms with E-state index in [0.29, 0.717) is 0 Å². The molecule has 0 aliphatic carbocycles. The van der Waals surface area contributed by atoms with E-state index in [-0.39, 0.29) is 0 Å². The highest BCUT2D eigenvalue weighted by Gasteiger charge is 2.15. The third kappa shape index (κ3) is 7.38. The summed E-state index contributed by atoms with van der Waals surface area (Å²) >= 11 is 0. The van der Waals surface area contributed by atoms with Crippen LogP contribution in [0.1, 0.15) is 65.2 Å². The summed E-state index contributed by atoms with van der Waals surface area (Å²) in [6.07, 6.45) is 11.4. The Kier molecular flexibility index (Phi) is 9.59. The molecule has 0 aromatic heterocycles. The molecule has 0 amide bonds. The lowest BCUT2D eigenvalue weighted by atomic mass is 9.94. The van der Waals surface area contributed by atoms with Crippen LogP contribution in [-0.2, 0) is 0 Å². The number of unbranched alkanes of at least 4 members (excludes halogenated alkanes) is 4. The molecule has 108 valence electrons. The van der Waals surface area contributed by atoms with Crippen molar-refractivity contribution in [2.24, 2.45) is 5.92 Å². The number of nitrogens with one attached hydrogen (secondary N) is 1. The van der Waals surface area contributed by atoms with Gasteiger partial charge in [-0.1, -0.05) is 52.4 Å². The third-order valence-corrected chi connectivity index (χ3v) is 4.16. The summed E-state index contributed by atoms with van der Waals surface area (Å²) in [6.45, 7) is 10.9. The number of piperazine rings is 1. The Balaban J connectivity index is 2.20. The maximum atomic E-state index is 3.45. The summed E-state index contributed by atoms with van der Waals surface area (Å²) in [5.41, 5.74) is 0. The number of hydrogen-bond acceptors (Lipinski definition) is 2. The first-order valence-corrected chi connectivity index (χ1v) is 8.29. The predicted molar refractivity (Wildman–Crippen MR) is 81.1 cm³/mol. The van der Waals surface area contributed by atoms with Crippen molar-refractivity contribution in [3.8, 4) is 0 Å².